The summed E-state index contributed by atoms with van der Waals surface area (Å²) in [5.41, 5.74) is 6.49. The van der Waals surface area contributed by atoms with Crippen molar-refractivity contribution in [1.29, 1.82) is 0 Å². The molecule has 12 nitrogen and oxygen atoms in total. The van der Waals surface area contributed by atoms with Gasteiger partial charge in [-0.15, -0.1) is 11.8 Å². The van der Waals surface area contributed by atoms with Gasteiger partial charge in [0.2, 0.25) is 17.7 Å². The molecule has 1 N–H and O–H groups in total. The maximum absolute atomic E-state index is 13.2. The van der Waals surface area contributed by atoms with Crippen molar-refractivity contribution in [2.24, 2.45) is 0 Å². The van der Waals surface area contributed by atoms with Crippen LogP contribution in [0.5, 0.6) is 5.75 Å². The number of ether oxygens (including phenoxy) is 4. The predicted octanol–water partition coefficient (Wildman–Crippen LogP) is 6.53. The van der Waals surface area contributed by atoms with E-state index in [0.29, 0.717) is 56.8 Å². The average Bonchev–Trinajstić information content (AvgIpc) is 3.52. The molecule has 4 aromatic rings. The van der Waals surface area contributed by atoms with E-state index in [-0.39, 0.29) is 42.9 Å². The van der Waals surface area contributed by atoms with Gasteiger partial charge in [0.1, 0.15) is 18.4 Å². The lowest BCUT2D eigenvalue weighted by Crippen LogP contribution is -2.54. The lowest BCUT2D eigenvalue weighted by Gasteiger charge is -2.27. The highest BCUT2D eigenvalue weighted by atomic mass is 32.2. The number of imide groups is 2. The van der Waals surface area contributed by atoms with Gasteiger partial charge in [0.25, 0.3) is 11.8 Å². The molecule has 13 heteroatoms. The van der Waals surface area contributed by atoms with Gasteiger partial charge in [-0.25, -0.2) is 0 Å². The molecule has 4 aromatic carbocycles. The summed E-state index contributed by atoms with van der Waals surface area (Å²) >= 11 is 1.39. The second-order valence-electron chi connectivity index (χ2n) is 14.2. The molecule has 0 aromatic heterocycles. The van der Waals surface area contributed by atoms with Gasteiger partial charge in [-0.3, -0.25) is 34.2 Å². The van der Waals surface area contributed by atoms with E-state index in [1.165, 1.54) is 28.5 Å². The second-order valence-corrected chi connectivity index (χ2v) is 15.3. The summed E-state index contributed by atoms with van der Waals surface area (Å²) in [6.45, 7) is 5.11. The highest BCUT2D eigenvalue weighted by Crippen LogP contribution is 2.36. The minimum absolute atomic E-state index is 0.0325. The topological polar surface area (TPSA) is 141 Å². The van der Waals surface area contributed by atoms with Gasteiger partial charge in [-0.05, 0) is 64.9 Å². The van der Waals surface area contributed by atoms with E-state index in [1.54, 1.807) is 30.1 Å². The lowest BCUT2D eigenvalue weighted by molar-refractivity contribution is -0.136. The molecule has 0 aliphatic carbocycles. The Morgan fingerprint density at radius 3 is 2.03 bits per heavy atom. The summed E-state index contributed by atoms with van der Waals surface area (Å²) in [7, 11) is 1.76. The van der Waals surface area contributed by atoms with Crippen LogP contribution in [-0.4, -0.2) is 111 Å². The number of fused-ring (bicyclic) bond motifs is 1. The van der Waals surface area contributed by atoms with Crippen molar-refractivity contribution in [3.8, 4) is 5.75 Å². The van der Waals surface area contributed by atoms with Crippen LogP contribution in [0, 0.1) is 0 Å². The van der Waals surface area contributed by atoms with Crippen molar-refractivity contribution in [1.82, 2.24) is 15.1 Å². The van der Waals surface area contributed by atoms with E-state index in [4.69, 9.17) is 18.9 Å². The number of hydrogen-bond donors (Lipinski definition) is 1. The molecule has 1 unspecified atom stereocenters. The van der Waals surface area contributed by atoms with E-state index in [9.17, 15) is 24.0 Å². The van der Waals surface area contributed by atoms with E-state index in [2.05, 4.69) is 72.9 Å². The first-order chi connectivity index (χ1) is 29.3. The fraction of sp³-hybridized carbons (Fsp3) is 0.340. The number of carbonyl (C=O) groups is 5. The quantitative estimate of drug-likeness (QED) is 0.0403. The number of hydrogen-bond acceptors (Lipinski definition) is 10. The summed E-state index contributed by atoms with van der Waals surface area (Å²) in [5, 5.41) is 2.21. The molecule has 1 fully saturated rings. The molecule has 0 radical (unpaired) electrons. The van der Waals surface area contributed by atoms with Crippen molar-refractivity contribution in [2.75, 3.05) is 65.6 Å². The third-order valence-corrected chi connectivity index (χ3v) is 11.2. The Balaban J connectivity index is 0.820. The molecule has 2 heterocycles. The van der Waals surface area contributed by atoms with Gasteiger partial charge in [0, 0.05) is 24.1 Å². The normalized spacial score (nSPS) is 15.4. The lowest BCUT2D eigenvalue weighted by atomic mass is 9.88. The Labute approximate surface area is 355 Å². The van der Waals surface area contributed by atoms with Crippen molar-refractivity contribution < 1.29 is 42.9 Å². The maximum atomic E-state index is 13.2. The summed E-state index contributed by atoms with van der Waals surface area (Å²) in [6, 6.07) is 33.1. The molecular weight excluding hydrogens is 783 g/mol. The standard InChI is InChI=1S/C47H51N3O9S/c1-3-37(33-11-6-4-7-12-33)43(34-13-8-5-9-14-34)35-17-19-36(20-18-35)59-26-24-49(2)42(52)23-25-56-27-28-57-29-30-58-31-32-60-40-16-10-15-38-44(40)47(55)50(46(38)54)39-21-22-41(51)48-45(39)53/h4-20,39H,3,21-32H2,1-2H3,(H,48,51,53)/b43-37-. The van der Waals surface area contributed by atoms with Gasteiger partial charge in [0.15, 0.2) is 0 Å². The molecule has 60 heavy (non-hydrogen) atoms. The van der Waals surface area contributed by atoms with Crippen LogP contribution >= 0.6 is 11.8 Å². The van der Waals surface area contributed by atoms with Crippen LogP contribution < -0.4 is 10.1 Å². The van der Waals surface area contributed by atoms with Gasteiger partial charge in [0.05, 0.1) is 63.7 Å². The number of thioether (sulfide) groups is 1. The number of carbonyl (C=O) groups excluding carboxylic acids is 5. The third kappa shape index (κ3) is 11.4. The van der Waals surface area contributed by atoms with Crippen LogP contribution in [0.2, 0.25) is 0 Å². The number of rotatable bonds is 22. The Hall–Kier alpha value is -5.60. The number of nitrogens with zero attached hydrogens (tertiary/aromatic N) is 2. The van der Waals surface area contributed by atoms with Gasteiger partial charge < -0.3 is 23.8 Å². The number of likely N-dealkylation sites (N-methyl/N-ethyl adjacent to an activating group) is 1. The van der Waals surface area contributed by atoms with Crippen molar-refractivity contribution in [3.63, 3.8) is 0 Å². The summed E-state index contributed by atoms with van der Waals surface area (Å²) in [5.74, 6) is -0.865. The molecular formula is C47H51N3O9S. The second kappa shape index (κ2) is 22.1. The predicted molar refractivity (Wildman–Crippen MR) is 230 cm³/mol. The molecule has 0 spiro atoms. The van der Waals surface area contributed by atoms with Crippen molar-refractivity contribution >= 4 is 52.4 Å². The molecule has 5 amide bonds. The number of nitrogens with one attached hydrogen (secondary N) is 1. The zero-order chi connectivity index (χ0) is 42.3. The van der Waals surface area contributed by atoms with Crippen LogP contribution in [0.3, 0.4) is 0 Å². The average molecular weight is 834 g/mol. The van der Waals surface area contributed by atoms with Crippen LogP contribution in [0.25, 0.3) is 11.1 Å². The number of piperidine rings is 1. The minimum atomic E-state index is -1.00. The van der Waals surface area contributed by atoms with E-state index in [1.807, 2.05) is 24.3 Å². The third-order valence-electron chi connectivity index (χ3n) is 10.2. The first-order valence-electron chi connectivity index (χ1n) is 20.3. The smallest absolute Gasteiger partial charge is 0.263 e. The zero-order valence-corrected chi connectivity index (χ0v) is 34.9. The molecule has 314 valence electrons. The highest BCUT2D eigenvalue weighted by molar-refractivity contribution is 7.99. The summed E-state index contributed by atoms with van der Waals surface area (Å²) in [6.07, 6.45) is 1.32. The molecule has 1 saturated heterocycles. The zero-order valence-electron chi connectivity index (χ0n) is 34.1. The monoisotopic (exact) mass is 833 g/mol. The highest BCUT2D eigenvalue weighted by Gasteiger charge is 2.45. The summed E-state index contributed by atoms with van der Waals surface area (Å²) in [4.78, 5) is 66.1. The molecule has 2 aliphatic heterocycles. The van der Waals surface area contributed by atoms with Crippen LogP contribution in [0.1, 0.15) is 70.0 Å². The first kappa shape index (κ1) is 44.0. The van der Waals surface area contributed by atoms with Gasteiger partial charge >= 0.3 is 0 Å². The number of allylic oxidation sites excluding steroid dienone is 1. The minimum Gasteiger partial charge on any atom is -0.492 e. The van der Waals surface area contributed by atoms with Crippen molar-refractivity contribution in [3.05, 3.63) is 131 Å². The fourth-order valence-electron chi connectivity index (χ4n) is 7.13. The molecule has 1 atom stereocenters. The molecule has 6 rings (SSSR count). The Bertz CT molecular complexity index is 2140. The summed E-state index contributed by atoms with van der Waals surface area (Å²) < 4.78 is 22.9. The SMILES string of the molecule is CC/C(=C(\c1ccccc1)c1ccc(OCCN(C)C(=O)CCOCCOCCOCCSc2cccc3c2C(=O)N(C2CCC(=O)NC2=O)C3=O)cc1)c1ccccc1. The molecule has 2 aliphatic rings. The van der Waals surface area contributed by atoms with E-state index < -0.39 is 29.7 Å². The Morgan fingerprint density at radius 2 is 1.37 bits per heavy atom. The fourth-order valence-corrected chi connectivity index (χ4v) is 8.07. The maximum Gasteiger partial charge on any atom is 0.263 e. The van der Waals surface area contributed by atoms with Gasteiger partial charge in [-0.1, -0.05) is 85.8 Å². The van der Waals surface area contributed by atoms with E-state index in [0.717, 1.165) is 28.2 Å². The number of benzene rings is 4. The first-order valence-corrected chi connectivity index (χ1v) is 21.3. The van der Waals surface area contributed by atoms with Crippen LogP contribution in [0.15, 0.2) is 108 Å². The van der Waals surface area contributed by atoms with E-state index >= 15 is 0 Å². The van der Waals surface area contributed by atoms with Crippen LogP contribution in [-0.2, 0) is 28.6 Å². The largest absolute Gasteiger partial charge is 0.492 e. The number of amides is 5. The Morgan fingerprint density at radius 1 is 0.733 bits per heavy atom. The molecule has 0 saturated carbocycles. The molecule has 0 bridgehead atoms. The Kier molecular flexibility index (Phi) is 16.2. The van der Waals surface area contributed by atoms with Crippen LogP contribution in [0.4, 0.5) is 0 Å². The van der Waals surface area contributed by atoms with Crippen molar-refractivity contribution in [2.45, 2.75) is 43.5 Å². The van der Waals surface area contributed by atoms with Gasteiger partial charge in [-0.2, -0.15) is 0 Å².